The molecule has 1 heterocycles. The number of carbonyl (C=O) groups excluding carboxylic acids is 2. The van der Waals surface area contributed by atoms with E-state index in [4.69, 9.17) is 0 Å². The summed E-state index contributed by atoms with van der Waals surface area (Å²) < 4.78 is 13.0. The van der Waals surface area contributed by atoms with Crippen molar-refractivity contribution in [1.29, 1.82) is 0 Å². The molecule has 6 nitrogen and oxygen atoms in total. The molecule has 0 aliphatic carbocycles. The highest BCUT2D eigenvalue weighted by atomic mass is 19.1. The van der Waals surface area contributed by atoms with Crippen molar-refractivity contribution < 1.29 is 23.9 Å². The molecule has 1 aliphatic rings. The van der Waals surface area contributed by atoms with Gasteiger partial charge < -0.3 is 15.3 Å². The first-order valence-corrected chi connectivity index (χ1v) is 9.01. The van der Waals surface area contributed by atoms with E-state index in [0.29, 0.717) is 18.7 Å². The first-order chi connectivity index (χ1) is 13.4. The van der Waals surface area contributed by atoms with E-state index in [0.717, 1.165) is 5.56 Å². The minimum absolute atomic E-state index is 0.0997. The average Bonchev–Trinajstić information content (AvgIpc) is 3.04. The quantitative estimate of drug-likeness (QED) is 0.766. The van der Waals surface area contributed by atoms with Gasteiger partial charge in [0.05, 0.1) is 11.8 Å². The van der Waals surface area contributed by atoms with Gasteiger partial charge in [-0.05, 0) is 23.3 Å². The Labute approximate surface area is 162 Å². The predicted molar refractivity (Wildman–Crippen MR) is 99.8 cm³/mol. The van der Waals surface area contributed by atoms with Crippen molar-refractivity contribution in [2.75, 3.05) is 13.1 Å². The molecule has 0 saturated carbocycles. The molecule has 2 atom stereocenters. The number of nitrogens with zero attached hydrogens (tertiary/aromatic N) is 1. The molecule has 7 heteroatoms. The van der Waals surface area contributed by atoms with Gasteiger partial charge in [-0.25, -0.2) is 4.39 Å². The second-order valence-electron chi connectivity index (χ2n) is 6.85. The number of hydrogen-bond donors (Lipinski definition) is 2. The monoisotopic (exact) mass is 384 g/mol. The fourth-order valence-corrected chi connectivity index (χ4v) is 3.29. The molecule has 0 aromatic heterocycles. The molecule has 28 heavy (non-hydrogen) atoms. The van der Waals surface area contributed by atoms with Gasteiger partial charge in [0.15, 0.2) is 0 Å². The summed E-state index contributed by atoms with van der Waals surface area (Å²) >= 11 is 0. The highest BCUT2D eigenvalue weighted by Gasteiger charge is 2.34. The minimum atomic E-state index is -1.11. The van der Waals surface area contributed by atoms with Gasteiger partial charge in [-0.15, -0.1) is 0 Å². The van der Waals surface area contributed by atoms with E-state index in [1.54, 1.807) is 4.90 Å². The highest BCUT2D eigenvalue weighted by Crippen LogP contribution is 2.21. The van der Waals surface area contributed by atoms with Crippen LogP contribution in [0.5, 0.6) is 0 Å². The molecular weight excluding hydrogens is 363 g/mol. The largest absolute Gasteiger partial charge is 0.481 e. The van der Waals surface area contributed by atoms with E-state index in [2.05, 4.69) is 5.32 Å². The Morgan fingerprint density at radius 3 is 2.46 bits per heavy atom. The Kier molecular flexibility index (Phi) is 6.03. The second kappa shape index (κ2) is 8.65. The van der Waals surface area contributed by atoms with Gasteiger partial charge in [-0.1, -0.05) is 42.5 Å². The van der Waals surface area contributed by atoms with E-state index in [9.17, 15) is 23.9 Å². The predicted octanol–water partition coefficient (Wildman–Crippen LogP) is 2.16. The number of carboxylic acids is 1. The standard InChI is InChI=1S/C21H21FN2O4/c22-17-8-6-15(7-9-17)18(21(27)28)11-23-20(26)16-10-19(25)24(13-16)12-14-4-2-1-3-5-14/h1-9,16,18H,10-13H2,(H,23,26)(H,27,28). The molecule has 1 aliphatic heterocycles. The smallest absolute Gasteiger partial charge is 0.312 e. The minimum Gasteiger partial charge on any atom is -0.481 e. The fourth-order valence-electron chi connectivity index (χ4n) is 3.29. The number of likely N-dealkylation sites (tertiary alicyclic amines) is 1. The number of carboxylic acid groups (broad SMARTS) is 1. The molecule has 3 rings (SSSR count). The van der Waals surface area contributed by atoms with Crippen LogP contribution in [0.25, 0.3) is 0 Å². The van der Waals surface area contributed by atoms with E-state index in [-0.39, 0.29) is 24.8 Å². The topological polar surface area (TPSA) is 86.7 Å². The van der Waals surface area contributed by atoms with Crippen LogP contribution in [0, 0.1) is 11.7 Å². The molecule has 2 unspecified atom stereocenters. The summed E-state index contributed by atoms with van der Waals surface area (Å²) in [5, 5.41) is 12.0. The maximum atomic E-state index is 13.0. The molecule has 1 fully saturated rings. The van der Waals surface area contributed by atoms with Gasteiger partial charge in [0.25, 0.3) is 0 Å². The zero-order chi connectivity index (χ0) is 20.1. The summed E-state index contributed by atoms with van der Waals surface area (Å²) in [5.41, 5.74) is 1.39. The van der Waals surface area contributed by atoms with Crippen LogP contribution in [-0.4, -0.2) is 40.9 Å². The number of halogens is 1. The lowest BCUT2D eigenvalue weighted by Gasteiger charge is -2.18. The fraction of sp³-hybridized carbons (Fsp3) is 0.286. The van der Waals surface area contributed by atoms with E-state index < -0.39 is 23.6 Å². The first kappa shape index (κ1) is 19.5. The Morgan fingerprint density at radius 2 is 1.82 bits per heavy atom. The van der Waals surface area contributed by atoms with E-state index in [1.807, 2.05) is 30.3 Å². The number of aliphatic carboxylic acids is 1. The average molecular weight is 384 g/mol. The van der Waals surface area contributed by atoms with Crippen LogP contribution in [0.4, 0.5) is 4.39 Å². The first-order valence-electron chi connectivity index (χ1n) is 9.01. The number of carbonyl (C=O) groups is 3. The van der Waals surface area contributed by atoms with Crippen LogP contribution in [0.2, 0.25) is 0 Å². The van der Waals surface area contributed by atoms with Gasteiger partial charge >= 0.3 is 5.97 Å². The van der Waals surface area contributed by atoms with Gasteiger partial charge in [-0.3, -0.25) is 14.4 Å². The SMILES string of the molecule is O=C(NCC(C(=O)O)c1ccc(F)cc1)C1CC(=O)N(Cc2ccccc2)C1. The summed E-state index contributed by atoms with van der Waals surface area (Å²) in [4.78, 5) is 37.8. The highest BCUT2D eigenvalue weighted by molar-refractivity contribution is 5.89. The number of rotatable bonds is 7. The molecule has 146 valence electrons. The molecular formula is C21H21FN2O4. The van der Waals surface area contributed by atoms with Crippen molar-refractivity contribution in [3.8, 4) is 0 Å². The normalized spacial score (nSPS) is 17.4. The third kappa shape index (κ3) is 4.73. The lowest BCUT2D eigenvalue weighted by atomic mass is 9.98. The molecule has 0 radical (unpaired) electrons. The summed E-state index contributed by atoms with van der Waals surface area (Å²) in [6.45, 7) is 0.619. The van der Waals surface area contributed by atoms with Gasteiger partial charge in [0, 0.05) is 26.1 Å². The van der Waals surface area contributed by atoms with Crippen molar-refractivity contribution in [2.45, 2.75) is 18.9 Å². The van der Waals surface area contributed by atoms with Gasteiger partial charge in [0.1, 0.15) is 5.82 Å². The molecule has 0 bridgehead atoms. The summed E-state index contributed by atoms with van der Waals surface area (Å²) in [7, 11) is 0. The number of amides is 2. The second-order valence-corrected chi connectivity index (χ2v) is 6.85. The molecule has 2 N–H and O–H groups in total. The zero-order valence-corrected chi connectivity index (χ0v) is 15.2. The van der Waals surface area contributed by atoms with Crippen LogP contribution in [-0.2, 0) is 20.9 Å². The Balaban J connectivity index is 1.57. The number of hydrogen-bond acceptors (Lipinski definition) is 3. The van der Waals surface area contributed by atoms with Crippen LogP contribution >= 0.6 is 0 Å². The van der Waals surface area contributed by atoms with Crippen molar-refractivity contribution in [3.05, 3.63) is 71.5 Å². The summed E-state index contributed by atoms with van der Waals surface area (Å²) in [6, 6.07) is 14.7. The Bertz CT molecular complexity index is 854. The third-order valence-electron chi connectivity index (χ3n) is 4.85. The number of benzene rings is 2. The third-order valence-corrected chi connectivity index (χ3v) is 4.85. The molecule has 2 amide bonds. The lowest BCUT2D eigenvalue weighted by molar-refractivity contribution is -0.139. The van der Waals surface area contributed by atoms with Crippen molar-refractivity contribution in [1.82, 2.24) is 10.2 Å². The van der Waals surface area contributed by atoms with Crippen LogP contribution in [0.15, 0.2) is 54.6 Å². The van der Waals surface area contributed by atoms with Gasteiger partial charge in [0.2, 0.25) is 11.8 Å². The number of nitrogens with one attached hydrogen (secondary N) is 1. The van der Waals surface area contributed by atoms with Crippen LogP contribution in [0.1, 0.15) is 23.5 Å². The maximum absolute atomic E-state index is 13.0. The van der Waals surface area contributed by atoms with Crippen molar-refractivity contribution in [3.63, 3.8) is 0 Å². The van der Waals surface area contributed by atoms with Gasteiger partial charge in [-0.2, -0.15) is 0 Å². The summed E-state index contributed by atoms with van der Waals surface area (Å²) in [5.74, 6) is -3.52. The molecule has 2 aromatic carbocycles. The lowest BCUT2D eigenvalue weighted by Crippen LogP contribution is -2.37. The van der Waals surface area contributed by atoms with Crippen LogP contribution in [0.3, 0.4) is 0 Å². The molecule has 0 spiro atoms. The Hall–Kier alpha value is -3.22. The van der Waals surface area contributed by atoms with Crippen molar-refractivity contribution in [2.24, 2.45) is 5.92 Å². The summed E-state index contributed by atoms with van der Waals surface area (Å²) in [6.07, 6.45) is 0.104. The maximum Gasteiger partial charge on any atom is 0.312 e. The Morgan fingerprint density at radius 1 is 1.14 bits per heavy atom. The van der Waals surface area contributed by atoms with Crippen molar-refractivity contribution >= 4 is 17.8 Å². The van der Waals surface area contributed by atoms with E-state index >= 15 is 0 Å². The van der Waals surface area contributed by atoms with Crippen LogP contribution < -0.4 is 5.32 Å². The molecule has 1 saturated heterocycles. The molecule has 2 aromatic rings. The van der Waals surface area contributed by atoms with E-state index in [1.165, 1.54) is 24.3 Å². The zero-order valence-electron chi connectivity index (χ0n) is 15.2.